The number of aryl methyl sites for hydroxylation is 1. The number of carbonyl (C=O) groups is 1. The van der Waals surface area contributed by atoms with Crippen molar-refractivity contribution in [2.75, 3.05) is 0 Å². The second kappa shape index (κ2) is 10.8. The Morgan fingerprint density at radius 1 is 1.00 bits per heavy atom. The molecule has 3 aromatic carbocycles. The number of carboxylic acid groups (broad SMARTS) is 1. The highest BCUT2D eigenvalue weighted by Gasteiger charge is 2.07. The highest BCUT2D eigenvalue weighted by molar-refractivity contribution is 6.31. The van der Waals surface area contributed by atoms with Crippen molar-refractivity contribution in [3.63, 3.8) is 0 Å². The zero-order valence-corrected chi connectivity index (χ0v) is 19.5. The molecule has 5 heteroatoms. The maximum absolute atomic E-state index is 10.9. The normalized spacial score (nSPS) is 11.5. The third-order valence-electron chi connectivity index (χ3n) is 5.41. The van der Waals surface area contributed by atoms with Gasteiger partial charge in [0.2, 0.25) is 0 Å². The Morgan fingerprint density at radius 2 is 1.79 bits per heavy atom. The molecule has 1 N–H and O–H groups in total. The quantitative estimate of drug-likeness (QED) is 0.279. The fraction of sp³-hybridized carbons (Fsp3) is 0.103. The number of ether oxygens (including phenoxy) is 1. The van der Waals surface area contributed by atoms with Crippen LogP contribution < -0.4 is 4.74 Å². The highest BCUT2D eigenvalue weighted by atomic mass is 35.5. The fourth-order valence-corrected chi connectivity index (χ4v) is 3.89. The predicted molar refractivity (Wildman–Crippen MR) is 138 cm³/mol. The minimum absolute atomic E-state index is 0.344. The van der Waals surface area contributed by atoms with Crippen LogP contribution >= 0.6 is 11.6 Å². The number of aliphatic carboxylic acids is 1. The number of fused-ring (bicyclic) bond motifs is 1. The minimum Gasteiger partial charge on any atom is -0.486 e. The third-order valence-corrected chi connectivity index (χ3v) is 5.65. The van der Waals surface area contributed by atoms with E-state index in [0.29, 0.717) is 18.1 Å². The van der Waals surface area contributed by atoms with Gasteiger partial charge in [-0.1, -0.05) is 78.4 Å². The summed E-state index contributed by atoms with van der Waals surface area (Å²) in [7, 11) is 0. The molecule has 0 fully saturated rings. The smallest absolute Gasteiger partial charge is 0.328 e. The van der Waals surface area contributed by atoms with Crippen LogP contribution in [-0.4, -0.2) is 16.1 Å². The molecule has 0 saturated heterocycles. The maximum atomic E-state index is 10.9. The Hall–Kier alpha value is -3.89. The number of pyridine rings is 1. The Morgan fingerprint density at radius 3 is 2.65 bits per heavy atom. The summed E-state index contributed by atoms with van der Waals surface area (Å²) in [4.78, 5) is 15.5. The Kier molecular flexibility index (Phi) is 7.41. The van der Waals surface area contributed by atoms with Crippen molar-refractivity contribution in [1.82, 2.24) is 4.98 Å². The monoisotopic (exact) mass is 469 g/mol. The minimum atomic E-state index is -0.962. The van der Waals surface area contributed by atoms with Gasteiger partial charge in [0.05, 0.1) is 11.2 Å². The van der Waals surface area contributed by atoms with Crippen LogP contribution in [0.5, 0.6) is 5.75 Å². The molecule has 4 aromatic rings. The van der Waals surface area contributed by atoms with E-state index in [-0.39, 0.29) is 0 Å². The van der Waals surface area contributed by atoms with E-state index in [4.69, 9.17) is 21.4 Å². The summed E-state index contributed by atoms with van der Waals surface area (Å²) in [5.41, 5.74) is 5.61. The molecule has 170 valence electrons. The summed E-state index contributed by atoms with van der Waals surface area (Å²) in [5.74, 6) is -0.151. The van der Waals surface area contributed by atoms with E-state index in [1.807, 2.05) is 85.8 Å². The van der Waals surface area contributed by atoms with Crippen LogP contribution in [0.15, 0.2) is 84.9 Å². The molecule has 1 heterocycles. The lowest BCUT2D eigenvalue weighted by Crippen LogP contribution is -2.01. The molecule has 0 aliphatic carbocycles. The van der Waals surface area contributed by atoms with Gasteiger partial charge in [-0.25, -0.2) is 9.78 Å². The molecule has 1 aromatic heterocycles. The van der Waals surface area contributed by atoms with Gasteiger partial charge in [-0.05, 0) is 54.3 Å². The van der Waals surface area contributed by atoms with Crippen LogP contribution in [-0.2, 0) is 17.8 Å². The van der Waals surface area contributed by atoms with E-state index < -0.39 is 5.97 Å². The molecule has 0 spiro atoms. The van der Waals surface area contributed by atoms with Crippen molar-refractivity contribution in [2.45, 2.75) is 20.0 Å². The lowest BCUT2D eigenvalue weighted by Gasteiger charge is -2.12. The number of nitrogens with zero attached hydrogens (tertiary/aromatic N) is 1. The van der Waals surface area contributed by atoms with Gasteiger partial charge in [0.25, 0.3) is 0 Å². The number of hydrogen-bond acceptors (Lipinski definition) is 3. The van der Waals surface area contributed by atoms with E-state index in [2.05, 4.69) is 11.1 Å². The summed E-state index contributed by atoms with van der Waals surface area (Å²) >= 11 is 6.11. The predicted octanol–water partition coefficient (Wildman–Crippen LogP) is 7.13. The lowest BCUT2D eigenvalue weighted by atomic mass is 10.0. The molecule has 0 aliphatic heterocycles. The SMILES string of the molecule is Cc1cccc(/C=C/Cc2ccccc2/C=C/C(=O)O)c1OCc1ccc2ccc(Cl)cc2n1. The van der Waals surface area contributed by atoms with E-state index >= 15 is 0 Å². The number of carboxylic acids is 1. The first kappa shape index (κ1) is 23.3. The van der Waals surface area contributed by atoms with Crippen LogP contribution in [0.4, 0.5) is 0 Å². The molecular formula is C29H24ClNO3. The van der Waals surface area contributed by atoms with Crippen molar-refractivity contribution >= 4 is 40.6 Å². The second-order valence-corrected chi connectivity index (χ2v) is 8.33. The van der Waals surface area contributed by atoms with Crippen LogP contribution in [0.2, 0.25) is 5.02 Å². The first-order valence-electron chi connectivity index (χ1n) is 10.9. The number of allylic oxidation sites excluding steroid dienone is 1. The Labute approximate surface area is 203 Å². The van der Waals surface area contributed by atoms with Crippen LogP contribution in [0, 0.1) is 6.92 Å². The first-order chi connectivity index (χ1) is 16.5. The third kappa shape index (κ3) is 5.91. The van der Waals surface area contributed by atoms with Gasteiger partial charge < -0.3 is 9.84 Å². The van der Waals surface area contributed by atoms with Gasteiger partial charge in [0.15, 0.2) is 0 Å². The van der Waals surface area contributed by atoms with Gasteiger partial charge in [-0.3, -0.25) is 0 Å². The van der Waals surface area contributed by atoms with Crippen LogP contribution in [0.1, 0.15) is 27.9 Å². The molecule has 0 atom stereocenters. The number of hydrogen-bond donors (Lipinski definition) is 1. The first-order valence-corrected chi connectivity index (χ1v) is 11.3. The Bertz CT molecular complexity index is 1390. The number of halogens is 1. The number of benzene rings is 3. The molecular weight excluding hydrogens is 446 g/mol. The summed E-state index contributed by atoms with van der Waals surface area (Å²) in [6.45, 7) is 2.36. The van der Waals surface area contributed by atoms with Crippen molar-refractivity contribution in [3.8, 4) is 5.75 Å². The topological polar surface area (TPSA) is 59.4 Å². The van der Waals surface area contributed by atoms with Crippen LogP contribution in [0.25, 0.3) is 23.1 Å². The van der Waals surface area contributed by atoms with Gasteiger partial charge in [-0.15, -0.1) is 0 Å². The van der Waals surface area contributed by atoms with E-state index in [1.54, 1.807) is 6.08 Å². The summed E-state index contributed by atoms with van der Waals surface area (Å²) in [6.07, 6.45) is 7.54. The van der Waals surface area contributed by atoms with Gasteiger partial charge in [-0.2, -0.15) is 0 Å². The zero-order valence-electron chi connectivity index (χ0n) is 18.7. The van der Waals surface area contributed by atoms with E-state index in [9.17, 15) is 4.79 Å². The summed E-state index contributed by atoms with van der Waals surface area (Å²) in [6, 6.07) is 23.4. The molecule has 4 nitrogen and oxygen atoms in total. The van der Waals surface area contributed by atoms with Crippen molar-refractivity contribution in [3.05, 3.63) is 118 Å². The molecule has 0 amide bonds. The van der Waals surface area contributed by atoms with Gasteiger partial charge in [0.1, 0.15) is 12.4 Å². The molecule has 34 heavy (non-hydrogen) atoms. The standard InChI is InChI=1S/C29H24ClNO3/c1-20-6-4-10-24(11-5-9-21-7-2-3-8-22(21)14-17-28(32)33)29(20)34-19-26-16-13-23-12-15-25(30)18-27(23)31-26/h2-8,10-18H,9,19H2,1H3,(H,32,33)/b11-5+,17-14+. The average Bonchev–Trinajstić information content (AvgIpc) is 2.82. The second-order valence-electron chi connectivity index (χ2n) is 7.90. The molecule has 0 saturated carbocycles. The van der Waals surface area contributed by atoms with Crippen molar-refractivity contribution in [2.24, 2.45) is 0 Å². The van der Waals surface area contributed by atoms with Gasteiger partial charge >= 0.3 is 5.97 Å². The molecule has 4 rings (SSSR count). The maximum Gasteiger partial charge on any atom is 0.328 e. The molecule has 0 bridgehead atoms. The highest BCUT2D eigenvalue weighted by Crippen LogP contribution is 2.26. The Balaban J connectivity index is 1.50. The van der Waals surface area contributed by atoms with E-state index in [1.165, 1.54) is 0 Å². The van der Waals surface area contributed by atoms with Crippen LogP contribution in [0.3, 0.4) is 0 Å². The van der Waals surface area contributed by atoms with Crippen molar-refractivity contribution in [1.29, 1.82) is 0 Å². The lowest BCUT2D eigenvalue weighted by molar-refractivity contribution is -0.131. The molecule has 0 aliphatic rings. The number of rotatable bonds is 8. The van der Waals surface area contributed by atoms with Gasteiger partial charge in [0, 0.05) is 22.0 Å². The summed E-state index contributed by atoms with van der Waals surface area (Å²) < 4.78 is 6.20. The summed E-state index contributed by atoms with van der Waals surface area (Å²) in [5, 5.41) is 10.6. The largest absolute Gasteiger partial charge is 0.486 e. The van der Waals surface area contributed by atoms with E-state index in [0.717, 1.165) is 50.7 Å². The fourth-order valence-electron chi connectivity index (χ4n) is 3.72. The van der Waals surface area contributed by atoms with Crippen molar-refractivity contribution < 1.29 is 14.6 Å². The molecule has 0 radical (unpaired) electrons. The molecule has 0 unspecified atom stereocenters. The number of aromatic nitrogens is 1. The average molecular weight is 470 g/mol. The zero-order chi connectivity index (χ0) is 23.9. The number of para-hydroxylation sites is 1.